The number of nitrogens with two attached hydrogens (primary N) is 1. The molecule has 0 spiro atoms. The lowest BCUT2D eigenvalue weighted by Crippen LogP contribution is -2.36. The van der Waals surface area contributed by atoms with Crippen molar-refractivity contribution in [1.29, 1.82) is 0 Å². The van der Waals surface area contributed by atoms with Crippen molar-refractivity contribution in [3.8, 4) is 0 Å². The third kappa shape index (κ3) is 4.46. The lowest BCUT2D eigenvalue weighted by molar-refractivity contribution is 0.0360. The molecule has 1 atom stereocenters. The Kier molecular flexibility index (Phi) is 5.52. The van der Waals surface area contributed by atoms with E-state index in [0.29, 0.717) is 13.0 Å². The van der Waals surface area contributed by atoms with Crippen LogP contribution < -0.4 is 5.73 Å². The van der Waals surface area contributed by atoms with Gasteiger partial charge in [-0.15, -0.1) is 10.2 Å². The van der Waals surface area contributed by atoms with Gasteiger partial charge in [-0.05, 0) is 19.3 Å². The van der Waals surface area contributed by atoms with E-state index >= 15 is 0 Å². The van der Waals surface area contributed by atoms with Crippen LogP contribution in [0.15, 0.2) is 9.85 Å². The van der Waals surface area contributed by atoms with Crippen LogP contribution in [0, 0.1) is 0 Å². The van der Waals surface area contributed by atoms with Gasteiger partial charge in [-0.1, -0.05) is 30.0 Å². The Morgan fingerprint density at radius 3 is 3.00 bits per heavy atom. The average Bonchev–Trinajstić information content (AvgIpc) is 2.77. The summed E-state index contributed by atoms with van der Waals surface area (Å²) >= 11 is 3.23. The molecule has 1 aromatic rings. The van der Waals surface area contributed by atoms with Gasteiger partial charge >= 0.3 is 0 Å². The summed E-state index contributed by atoms with van der Waals surface area (Å²) in [6.07, 6.45) is 2.42. The molecule has 86 valence electrons. The second-order valence-corrected chi connectivity index (χ2v) is 5.61. The van der Waals surface area contributed by atoms with Crippen molar-refractivity contribution < 1.29 is 5.11 Å². The fourth-order valence-electron chi connectivity index (χ4n) is 1.21. The van der Waals surface area contributed by atoms with Gasteiger partial charge in [0.05, 0.1) is 5.60 Å². The van der Waals surface area contributed by atoms with Crippen LogP contribution in [0.3, 0.4) is 0 Å². The minimum atomic E-state index is -0.679. The molecule has 1 aromatic heterocycles. The molecule has 0 aliphatic carbocycles. The maximum atomic E-state index is 9.93. The molecule has 1 unspecified atom stereocenters. The van der Waals surface area contributed by atoms with Gasteiger partial charge in [0.15, 0.2) is 4.34 Å². The summed E-state index contributed by atoms with van der Waals surface area (Å²) in [6, 6.07) is 0. The summed E-state index contributed by atoms with van der Waals surface area (Å²) in [5.41, 5.74) is 6.57. The van der Waals surface area contributed by atoms with E-state index in [4.69, 9.17) is 5.73 Å². The van der Waals surface area contributed by atoms with E-state index in [1.165, 1.54) is 0 Å². The molecular formula is C9H17N3OS2. The zero-order valence-electron chi connectivity index (χ0n) is 8.85. The summed E-state index contributed by atoms with van der Waals surface area (Å²) in [4.78, 5) is 0. The van der Waals surface area contributed by atoms with Crippen LogP contribution in [-0.4, -0.2) is 33.2 Å². The molecule has 1 heterocycles. The molecule has 6 heteroatoms. The highest BCUT2D eigenvalue weighted by molar-refractivity contribution is 8.00. The molecule has 15 heavy (non-hydrogen) atoms. The predicted octanol–water partition coefficient (Wildman–Crippen LogP) is 1.51. The maximum Gasteiger partial charge on any atom is 0.174 e. The van der Waals surface area contributed by atoms with Crippen molar-refractivity contribution in [3.63, 3.8) is 0 Å². The Morgan fingerprint density at radius 2 is 2.47 bits per heavy atom. The van der Waals surface area contributed by atoms with Crippen LogP contribution in [0.4, 0.5) is 0 Å². The largest absolute Gasteiger partial charge is 0.389 e. The molecule has 3 N–H and O–H groups in total. The Morgan fingerprint density at radius 1 is 1.67 bits per heavy atom. The van der Waals surface area contributed by atoms with E-state index in [0.717, 1.165) is 22.9 Å². The van der Waals surface area contributed by atoms with Crippen LogP contribution in [-0.2, 0) is 0 Å². The Hall–Kier alpha value is -0.170. The third-order valence-electron chi connectivity index (χ3n) is 2.39. The summed E-state index contributed by atoms with van der Waals surface area (Å²) in [5.74, 6) is 0.956. The van der Waals surface area contributed by atoms with E-state index in [9.17, 15) is 5.11 Å². The molecule has 0 fully saturated rings. The van der Waals surface area contributed by atoms with Gasteiger partial charge in [0.2, 0.25) is 0 Å². The van der Waals surface area contributed by atoms with Gasteiger partial charge in [0, 0.05) is 12.3 Å². The monoisotopic (exact) mass is 247 g/mol. The highest BCUT2D eigenvalue weighted by atomic mass is 32.2. The molecule has 0 radical (unpaired) electrons. The van der Waals surface area contributed by atoms with Crippen LogP contribution in [0.1, 0.15) is 26.2 Å². The molecular weight excluding hydrogens is 230 g/mol. The number of rotatable bonds is 7. The van der Waals surface area contributed by atoms with Crippen LogP contribution in [0.25, 0.3) is 0 Å². The first kappa shape index (κ1) is 12.9. The van der Waals surface area contributed by atoms with E-state index < -0.39 is 5.60 Å². The van der Waals surface area contributed by atoms with Crippen molar-refractivity contribution in [2.45, 2.75) is 36.1 Å². The number of aromatic nitrogens is 2. The maximum absolute atomic E-state index is 9.93. The Labute approximate surface area is 98.3 Å². The van der Waals surface area contributed by atoms with Crippen molar-refractivity contribution in [1.82, 2.24) is 10.2 Å². The SMILES string of the molecule is CCC(O)(CN)CCCSc1nncs1. The summed E-state index contributed by atoms with van der Waals surface area (Å²) in [5, 5.41) is 17.6. The highest BCUT2D eigenvalue weighted by Gasteiger charge is 2.21. The Balaban J connectivity index is 2.16. The zero-order valence-corrected chi connectivity index (χ0v) is 10.5. The topological polar surface area (TPSA) is 72.0 Å². The summed E-state index contributed by atoms with van der Waals surface area (Å²) in [7, 11) is 0. The average molecular weight is 247 g/mol. The van der Waals surface area contributed by atoms with Gasteiger partial charge in [-0.3, -0.25) is 0 Å². The van der Waals surface area contributed by atoms with E-state index in [1.54, 1.807) is 28.6 Å². The Bertz CT molecular complexity index is 262. The fraction of sp³-hybridized carbons (Fsp3) is 0.778. The molecule has 0 bridgehead atoms. The van der Waals surface area contributed by atoms with Crippen molar-refractivity contribution in [2.75, 3.05) is 12.3 Å². The lowest BCUT2D eigenvalue weighted by atomic mass is 9.95. The number of aliphatic hydroxyl groups is 1. The minimum Gasteiger partial charge on any atom is -0.389 e. The summed E-state index contributed by atoms with van der Waals surface area (Å²) in [6.45, 7) is 2.30. The lowest BCUT2D eigenvalue weighted by Gasteiger charge is -2.24. The van der Waals surface area contributed by atoms with Gasteiger partial charge in [0.1, 0.15) is 5.51 Å². The first-order valence-corrected chi connectivity index (χ1v) is 6.88. The molecule has 0 aliphatic heterocycles. The number of nitrogens with zero attached hydrogens (tertiary/aromatic N) is 2. The van der Waals surface area contributed by atoms with E-state index in [2.05, 4.69) is 10.2 Å². The van der Waals surface area contributed by atoms with E-state index in [-0.39, 0.29) is 0 Å². The highest BCUT2D eigenvalue weighted by Crippen LogP contribution is 2.23. The molecule has 0 aliphatic rings. The predicted molar refractivity (Wildman–Crippen MR) is 64.2 cm³/mol. The molecule has 0 saturated heterocycles. The smallest absolute Gasteiger partial charge is 0.174 e. The van der Waals surface area contributed by atoms with E-state index in [1.807, 2.05) is 6.92 Å². The fourth-order valence-corrected chi connectivity index (χ4v) is 2.71. The first-order chi connectivity index (χ1) is 7.20. The van der Waals surface area contributed by atoms with Crippen molar-refractivity contribution in [3.05, 3.63) is 5.51 Å². The molecule has 1 rings (SSSR count). The number of hydrogen-bond acceptors (Lipinski definition) is 6. The number of hydrogen-bond donors (Lipinski definition) is 2. The van der Waals surface area contributed by atoms with Gasteiger partial charge in [0.25, 0.3) is 0 Å². The van der Waals surface area contributed by atoms with Crippen LogP contribution >= 0.6 is 23.1 Å². The molecule has 0 aromatic carbocycles. The van der Waals surface area contributed by atoms with Crippen molar-refractivity contribution in [2.24, 2.45) is 5.73 Å². The second kappa shape index (κ2) is 6.42. The minimum absolute atomic E-state index is 0.340. The normalized spacial score (nSPS) is 15.1. The third-order valence-corrected chi connectivity index (χ3v) is 4.34. The van der Waals surface area contributed by atoms with Gasteiger partial charge in [-0.2, -0.15) is 0 Å². The van der Waals surface area contributed by atoms with Gasteiger partial charge in [-0.25, -0.2) is 0 Å². The molecule has 0 amide bonds. The summed E-state index contributed by atoms with van der Waals surface area (Å²) < 4.78 is 0.989. The standard InChI is InChI=1S/C9H17N3OS2/c1-2-9(13,6-10)4-3-5-14-8-12-11-7-15-8/h7,13H,2-6,10H2,1H3. The van der Waals surface area contributed by atoms with Crippen LogP contribution in [0.5, 0.6) is 0 Å². The number of thioether (sulfide) groups is 1. The van der Waals surface area contributed by atoms with Gasteiger partial charge < -0.3 is 10.8 Å². The van der Waals surface area contributed by atoms with Crippen LogP contribution in [0.2, 0.25) is 0 Å². The molecule has 4 nitrogen and oxygen atoms in total. The first-order valence-electron chi connectivity index (χ1n) is 5.01. The quantitative estimate of drug-likeness (QED) is 0.564. The zero-order chi connectivity index (χ0) is 11.1. The van der Waals surface area contributed by atoms with Crippen molar-refractivity contribution >= 4 is 23.1 Å². The second-order valence-electron chi connectivity index (χ2n) is 3.44. The molecule has 0 saturated carbocycles.